The third kappa shape index (κ3) is 1.79. The van der Waals surface area contributed by atoms with Crippen molar-refractivity contribution in [2.75, 3.05) is 18.0 Å². The third-order valence-electron chi connectivity index (χ3n) is 4.05. The van der Waals surface area contributed by atoms with E-state index < -0.39 is 0 Å². The molecule has 1 saturated heterocycles. The van der Waals surface area contributed by atoms with Crippen LogP contribution in [0.3, 0.4) is 0 Å². The number of anilines is 1. The zero-order chi connectivity index (χ0) is 11.0. The third-order valence-corrected chi connectivity index (χ3v) is 4.05. The molecule has 0 spiro atoms. The lowest BCUT2D eigenvalue weighted by molar-refractivity contribution is 0.299. The van der Waals surface area contributed by atoms with Crippen LogP contribution in [0.2, 0.25) is 0 Å². The van der Waals surface area contributed by atoms with Crippen LogP contribution in [0, 0.1) is 17.8 Å². The molecule has 3 heteroatoms. The first-order chi connectivity index (χ1) is 7.83. The fourth-order valence-corrected chi connectivity index (χ4v) is 3.21. The van der Waals surface area contributed by atoms with Crippen molar-refractivity contribution in [3.05, 3.63) is 24.3 Å². The van der Waals surface area contributed by atoms with Gasteiger partial charge in [0.1, 0.15) is 0 Å². The van der Waals surface area contributed by atoms with Crippen molar-refractivity contribution < 1.29 is 4.39 Å². The van der Waals surface area contributed by atoms with Crippen LogP contribution in [0.4, 0.5) is 10.1 Å². The molecule has 1 aromatic rings. The molecule has 2 unspecified atom stereocenters. The minimum Gasteiger partial charge on any atom is -0.371 e. The summed E-state index contributed by atoms with van der Waals surface area (Å²) < 4.78 is 13.1. The Morgan fingerprint density at radius 3 is 2.50 bits per heavy atom. The number of hydrogen-bond acceptors (Lipinski definition) is 2. The van der Waals surface area contributed by atoms with E-state index in [1.807, 2.05) is 6.07 Å². The van der Waals surface area contributed by atoms with Gasteiger partial charge in [-0.2, -0.15) is 4.39 Å². The Labute approximate surface area is 95.5 Å². The molecule has 0 bridgehead atoms. The minimum absolute atomic E-state index is 0.368. The van der Waals surface area contributed by atoms with E-state index in [4.69, 9.17) is 0 Å². The van der Waals surface area contributed by atoms with Gasteiger partial charge in [-0.25, -0.2) is 4.98 Å². The van der Waals surface area contributed by atoms with Gasteiger partial charge in [-0.05, 0) is 30.7 Å². The molecule has 1 aromatic heterocycles. The van der Waals surface area contributed by atoms with E-state index in [1.165, 1.54) is 25.7 Å². The van der Waals surface area contributed by atoms with E-state index in [0.29, 0.717) is 0 Å². The molecular formula is C13H17FN2. The molecule has 1 aliphatic carbocycles. The van der Waals surface area contributed by atoms with Crippen LogP contribution in [0.1, 0.15) is 25.7 Å². The maximum absolute atomic E-state index is 13.1. The predicted molar refractivity (Wildman–Crippen MR) is 61.9 cm³/mol. The van der Waals surface area contributed by atoms with Crippen molar-refractivity contribution in [1.29, 1.82) is 0 Å². The monoisotopic (exact) mass is 220 g/mol. The van der Waals surface area contributed by atoms with Crippen LogP contribution in [-0.4, -0.2) is 18.1 Å². The molecule has 0 N–H and O–H groups in total. The zero-order valence-corrected chi connectivity index (χ0v) is 9.40. The van der Waals surface area contributed by atoms with E-state index in [0.717, 1.165) is 30.6 Å². The Hall–Kier alpha value is -1.12. The zero-order valence-electron chi connectivity index (χ0n) is 9.40. The molecule has 2 aliphatic rings. The highest BCUT2D eigenvalue weighted by Crippen LogP contribution is 2.37. The quantitative estimate of drug-likeness (QED) is 0.676. The first-order valence-corrected chi connectivity index (χ1v) is 6.19. The van der Waals surface area contributed by atoms with E-state index in [9.17, 15) is 4.39 Å². The van der Waals surface area contributed by atoms with Gasteiger partial charge in [0.2, 0.25) is 5.95 Å². The Balaban J connectivity index is 1.77. The predicted octanol–water partition coefficient (Wildman–Crippen LogP) is 2.85. The van der Waals surface area contributed by atoms with E-state index >= 15 is 0 Å². The van der Waals surface area contributed by atoms with Gasteiger partial charge < -0.3 is 4.90 Å². The van der Waals surface area contributed by atoms with Gasteiger partial charge >= 0.3 is 0 Å². The molecule has 2 fully saturated rings. The molecular weight excluding hydrogens is 203 g/mol. The molecule has 0 radical (unpaired) electrons. The molecule has 2 heterocycles. The van der Waals surface area contributed by atoms with Crippen LogP contribution in [-0.2, 0) is 0 Å². The fourth-order valence-electron chi connectivity index (χ4n) is 3.21. The number of fused-ring (bicyclic) bond motifs is 1. The lowest BCUT2D eigenvalue weighted by Crippen LogP contribution is -2.19. The van der Waals surface area contributed by atoms with E-state index in [-0.39, 0.29) is 5.95 Å². The fraction of sp³-hybridized carbons (Fsp3) is 0.615. The minimum atomic E-state index is -0.368. The topological polar surface area (TPSA) is 16.1 Å². The number of hydrogen-bond donors (Lipinski definition) is 0. The van der Waals surface area contributed by atoms with Crippen molar-refractivity contribution in [3.8, 4) is 0 Å². The maximum atomic E-state index is 13.1. The standard InChI is InChI=1S/C13H17FN2/c14-13-7-12(5-6-15-13)16-8-10-3-1-2-4-11(10)9-16/h5-7,10-11H,1-4,8-9H2. The Morgan fingerprint density at radius 1 is 1.19 bits per heavy atom. The van der Waals surface area contributed by atoms with Crippen LogP contribution in [0.25, 0.3) is 0 Å². The molecule has 86 valence electrons. The summed E-state index contributed by atoms with van der Waals surface area (Å²) in [4.78, 5) is 5.93. The summed E-state index contributed by atoms with van der Waals surface area (Å²) in [6, 6.07) is 3.47. The second-order valence-electron chi connectivity index (χ2n) is 5.05. The number of nitrogens with zero attached hydrogens (tertiary/aromatic N) is 2. The molecule has 0 aromatic carbocycles. The van der Waals surface area contributed by atoms with Gasteiger partial charge in [0, 0.05) is 31.0 Å². The molecule has 2 nitrogen and oxygen atoms in total. The average molecular weight is 220 g/mol. The van der Waals surface area contributed by atoms with Crippen molar-refractivity contribution in [2.45, 2.75) is 25.7 Å². The normalized spacial score (nSPS) is 29.2. The molecule has 1 saturated carbocycles. The number of aromatic nitrogens is 1. The van der Waals surface area contributed by atoms with Crippen LogP contribution < -0.4 is 4.90 Å². The van der Waals surface area contributed by atoms with Crippen molar-refractivity contribution in [3.63, 3.8) is 0 Å². The summed E-state index contributed by atoms with van der Waals surface area (Å²) >= 11 is 0. The highest BCUT2D eigenvalue weighted by molar-refractivity contribution is 5.46. The molecule has 0 amide bonds. The summed E-state index contributed by atoms with van der Waals surface area (Å²) in [5.41, 5.74) is 1.00. The van der Waals surface area contributed by atoms with Gasteiger partial charge in [0.15, 0.2) is 0 Å². The van der Waals surface area contributed by atoms with Gasteiger partial charge in [-0.3, -0.25) is 0 Å². The van der Waals surface area contributed by atoms with Crippen LogP contribution >= 0.6 is 0 Å². The summed E-state index contributed by atoms with van der Waals surface area (Å²) in [6.07, 6.45) is 7.02. The van der Waals surface area contributed by atoms with Crippen molar-refractivity contribution in [2.24, 2.45) is 11.8 Å². The van der Waals surface area contributed by atoms with Gasteiger partial charge in [-0.1, -0.05) is 12.8 Å². The lowest BCUT2D eigenvalue weighted by Gasteiger charge is -2.22. The largest absolute Gasteiger partial charge is 0.371 e. The highest BCUT2D eigenvalue weighted by atomic mass is 19.1. The Bertz CT molecular complexity index is 366. The lowest BCUT2D eigenvalue weighted by atomic mass is 9.82. The van der Waals surface area contributed by atoms with Gasteiger partial charge in [0.25, 0.3) is 0 Å². The van der Waals surface area contributed by atoms with Crippen LogP contribution in [0.5, 0.6) is 0 Å². The molecule has 16 heavy (non-hydrogen) atoms. The van der Waals surface area contributed by atoms with Crippen molar-refractivity contribution in [1.82, 2.24) is 4.98 Å². The first-order valence-electron chi connectivity index (χ1n) is 6.19. The van der Waals surface area contributed by atoms with Gasteiger partial charge in [0.05, 0.1) is 0 Å². The van der Waals surface area contributed by atoms with E-state index in [2.05, 4.69) is 9.88 Å². The summed E-state index contributed by atoms with van der Waals surface area (Å²) in [5.74, 6) is 1.31. The maximum Gasteiger partial charge on any atom is 0.214 e. The molecule has 3 rings (SSSR count). The van der Waals surface area contributed by atoms with Crippen molar-refractivity contribution >= 4 is 5.69 Å². The summed E-state index contributed by atoms with van der Waals surface area (Å²) in [5, 5.41) is 0. The Kier molecular flexibility index (Phi) is 2.54. The Morgan fingerprint density at radius 2 is 1.88 bits per heavy atom. The summed E-state index contributed by atoms with van der Waals surface area (Å²) in [7, 11) is 0. The number of halogens is 1. The number of rotatable bonds is 1. The SMILES string of the molecule is Fc1cc(N2CC3CCCCC3C2)ccn1. The molecule has 1 aliphatic heterocycles. The second-order valence-corrected chi connectivity index (χ2v) is 5.05. The smallest absolute Gasteiger partial charge is 0.214 e. The second kappa shape index (κ2) is 4.04. The van der Waals surface area contributed by atoms with Crippen LogP contribution in [0.15, 0.2) is 18.3 Å². The highest BCUT2D eigenvalue weighted by Gasteiger charge is 2.34. The van der Waals surface area contributed by atoms with Gasteiger partial charge in [-0.15, -0.1) is 0 Å². The first kappa shape index (κ1) is 10.1. The average Bonchev–Trinajstić information content (AvgIpc) is 2.72. The number of pyridine rings is 1. The van der Waals surface area contributed by atoms with E-state index in [1.54, 1.807) is 12.3 Å². The summed E-state index contributed by atoms with van der Waals surface area (Å²) in [6.45, 7) is 2.21. The molecule has 2 atom stereocenters.